The van der Waals surface area contributed by atoms with Crippen LogP contribution in [0.25, 0.3) is 22.3 Å². The minimum absolute atomic E-state index is 0.678. The number of hydrogen-bond acceptors (Lipinski definition) is 0. The molecule has 0 unspecified atom stereocenters. The second-order valence-electron chi connectivity index (χ2n) is 5.62. The highest BCUT2D eigenvalue weighted by Gasteiger charge is 2.09. The number of hydrogen-bond donors (Lipinski definition) is 0. The molecule has 0 saturated heterocycles. The van der Waals surface area contributed by atoms with Gasteiger partial charge in [0, 0.05) is 0 Å². The maximum atomic E-state index is 13.6. The molecule has 0 atom stereocenters. The van der Waals surface area contributed by atoms with Crippen LogP contribution >= 0.6 is 0 Å². The van der Waals surface area contributed by atoms with Gasteiger partial charge in [-0.15, -0.1) is 0 Å². The number of benzene rings is 3. The second kappa shape index (κ2) is 6.74. The predicted octanol–water partition coefficient (Wildman–Crippen LogP) is 6.25. The zero-order valence-electron chi connectivity index (χ0n) is 13.0. The van der Waals surface area contributed by atoms with Crippen molar-refractivity contribution in [2.24, 2.45) is 0 Å². The monoisotopic (exact) mass is 308 g/mol. The summed E-state index contributed by atoms with van der Waals surface area (Å²) >= 11 is 0. The van der Waals surface area contributed by atoms with E-state index in [2.05, 4.69) is 31.2 Å². The third kappa shape index (κ3) is 3.31. The van der Waals surface area contributed by atoms with Crippen LogP contribution in [-0.4, -0.2) is 0 Å². The third-order valence-corrected chi connectivity index (χ3v) is 3.96. The molecule has 0 saturated carbocycles. The fourth-order valence-corrected chi connectivity index (χ4v) is 2.79. The topological polar surface area (TPSA) is 0 Å². The van der Waals surface area contributed by atoms with Crippen LogP contribution in [0.1, 0.15) is 18.9 Å². The van der Waals surface area contributed by atoms with Gasteiger partial charge in [0.05, 0.1) is 0 Å². The molecule has 0 heterocycles. The summed E-state index contributed by atoms with van der Waals surface area (Å²) in [6.07, 6.45) is 2.18. The van der Waals surface area contributed by atoms with Gasteiger partial charge in [-0.05, 0) is 46.4 Å². The van der Waals surface area contributed by atoms with Gasteiger partial charge in [0.1, 0.15) is 0 Å². The van der Waals surface area contributed by atoms with Gasteiger partial charge in [-0.2, -0.15) is 0 Å². The molecule has 23 heavy (non-hydrogen) atoms. The highest BCUT2D eigenvalue weighted by atomic mass is 19.2. The minimum Gasteiger partial charge on any atom is -0.204 e. The maximum Gasteiger partial charge on any atom is 0.159 e. The van der Waals surface area contributed by atoms with Crippen molar-refractivity contribution in [3.05, 3.63) is 83.9 Å². The van der Waals surface area contributed by atoms with E-state index in [9.17, 15) is 8.78 Å². The highest BCUT2D eigenvalue weighted by Crippen LogP contribution is 2.32. The SMILES string of the molecule is CCCc1ccc(-c2ccccc2-c2ccc(F)c(F)c2)cc1. The molecule has 0 aliphatic carbocycles. The Morgan fingerprint density at radius 3 is 1.91 bits per heavy atom. The first kappa shape index (κ1) is 15.4. The zero-order valence-corrected chi connectivity index (χ0v) is 13.0. The Labute approximate surface area is 135 Å². The van der Waals surface area contributed by atoms with Gasteiger partial charge < -0.3 is 0 Å². The number of rotatable bonds is 4. The van der Waals surface area contributed by atoms with E-state index < -0.39 is 11.6 Å². The molecule has 0 fully saturated rings. The van der Waals surface area contributed by atoms with Crippen LogP contribution in [0.4, 0.5) is 8.78 Å². The molecule has 3 rings (SSSR count). The molecule has 0 aliphatic rings. The second-order valence-corrected chi connectivity index (χ2v) is 5.62. The fourth-order valence-electron chi connectivity index (χ4n) is 2.79. The average molecular weight is 308 g/mol. The van der Waals surface area contributed by atoms with Gasteiger partial charge in [0.15, 0.2) is 11.6 Å². The zero-order chi connectivity index (χ0) is 16.2. The van der Waals surface area contributed by atoms with Crippen LogP contribution in [0.5, 0.6) is 0 Å². The first-order valence-corrected chi connectivity index (χ1v) is 7.83. The molecule has 0 aliphatic heterocycles. The van der Waals surface area contributed by atoms with Crippen LogP contribution in [0.2, 0.25) is 0 Å². The first-order chi connectivity index (χ1) is 11.2. The lowest BCUT2D eigenvalue weighted by molar-refractivity contribution is 0.509. The van der Waals surface area contributed by atoms with Crippen LogP contribution in [-0.2, 0) is 6.42 Å². The Kier molecular flexibility index (Phi) is 4.52. The quantitative estimate of drug-likeness (QED) is 0.534. The van der Waals surface area contributed by atoms with Crippen LogP contribution in [0.15, 0.2) is 66.7 Å². The molecule has 0 aromatic heterocycles. The summed E-state index contributed by atoms with van der Waals surface area (Å²) in [4.78, 5) is 0. The van der Waals surface area contributed by atoms with Crippen molar-refractivity contribution in [3.63, 3.8) is 0 Å². The summed E-state index contributed by atoms with van der Waals surface area (Å²) in [7, 11) is 0. The van der Waals surface area contributed by atoms with E-state index in [1.807, 2.05) is 24.3 Å². The summed E-state index contributed by atoms with van der Waals surface area (Å²) in [5, 5.41) is 0. The lowest BCUT2D eigenvalue weighted by Crippen LogP contribution is -1.89. The molecule has 2 heteroatoms. The lowest BCUT2D eigenvalue weighted by atomic mass is 9.94. The molecule has 0 spiro atoms. The van der Waals surface area contributed by atoms with Crippen molar-refractivity contribution in [2.75, 3.05) is 0 Å². The Bertz CT molecular complexity index is 804. The molecule has 116 valence electrons. The van der Waals surface area contributed by atoms with Crippen molar-refractivity contribution >= 4 is 0 Å². The van der Waals surface area contributed by atoms with Crippen LogP contribution in [0.3, 0.4) is 0 Å². The van der Waals surface area contributed by atoms with Gasteiger partial charge >= 0.3 is 0 Å². The van der Waals surface area contributed by atoms with Crippen molar-refractivity contribution in [1.29, 1.82) is 0 Å². The van der Waals surface area contributed by atoms with E-state index in [0.717, 1.165) is 29.5 Å². The Morgan fingerprint density at radius 1 is 0.696 bits per heavy atom. The average Bonchev–Trinajstić information content (AvgIpc) is 2.58. The van der Waals surface area contributed by atoms with E-state index in [1.165, 1.54) is 17.7 Å². The highest BCUT2D eigenvalue weighted by molar-refractivity contribution is 5.83. The fraction of sp³-hybridized carbons (Fsp3) is 0.143. The molecule has 0 radical (unpaired) electrons. The van der Waals surface area contributed by atoms with Gasteiger partial charge in [0.25, 0.3) is 0 Å². The summed E-state index contributed by atoms with van der Waals surface area (Å²) in [6.45, 7) is 2.16. The van der Waals surface area contributed by atoms with Gasteiger partial charge in [0.2, 0.25) is 0 Å². The smallest absolute Gasteiger partial charge is 0.159 e. The molecule has 0 nitrogen and oxygen atoms in total. The standard InChI is InChI=1S/C21H18F2/c1-2-5-15-8-10-16(11-9-15)18-6-3-4-7-19(18)17-12-13-20(22)21(23)14-17/h3-4,6-14H,2,5H2,1H3. The molecule has 0 amide bonds. The molecule has 0 bridgehead atoms. The summed E-state index contributed by atoms with van der Waals surface area (Å²) in [5.74, 6) is -1.65. The summed E-state index contributed by atoms with van der Waals surface area (Å²) in [5.41, 5.74) is 4.97. The Hall–Kier alpha value is -2.48. The Balaban J connectivity index is 2.05. The predicted molar refractivity (Wildman–Crippen MR) is 91.2 cm³/mol. The van der Waals surface area contributed by atoms with Crippen molar-refractivity contribution in [1.82, 2.24) is 0 Å². The molecule has 3 aromatic rings. The molecule has 3 aromatic carbocycles. The number of halogens is 2. The van der Waals surface area contributed by atoms with E-state index in [0.29, 0.717) is 5.56 Å². The molecular weight excluding hydrogens is 290 g/mol. The van der Waals surface area contributed by atoms with Gasteiger partial charge in [-0.1, -0.05) is 67.9 Å². The van der Waals surface area contributed by atoms with E-state index >= 15 is 0 Å². The normalized spacial score (nSPS) is 10.7. The maximum absolute atomic E-state index is 13.6. The van der Waals surface area contributed by atoms with E-state index in [4.69, 9.17) is 0 Å². The third-order valence-electron chi connectivity index (χ3n) is 3.96. The van der Waals surface area contributed by atoms with Crippen LogP contribution in [0, 0.1) is 11.6 Å². The summed E-state index contributed by atoms with van der Waals surface area (Å²) in [6, 6.07) is 20.3. The number of aryl methyl sites for hydroxylation is 1. The molecular formula is C21H18F2. The summed E-state index contributed by atoms with van der Waals surface area (Å²) < 4.78 is 26.7. The van der Waals surface area contributed by atoms with Crippen molar-refractivity contribution < 1.29 is 8.78 Å². The van der Waals surface area contributed by atoms with E-state index in [1.54, 1.807) is 6.07 Å². The lowest BCUT2D eigenvalue weighted by Gasteiger charge is -2.11. The van der Waals surface area contributed by atoms with E-state index in [-0.39, 0.29) is 0 Å². The van der Waals surface area contributed by atoms with Gasteiger partial charge in [-0.3, -0.25) is 0 Å². The minimum atomic E-state index is -0.824. The van der Waals surface area contributed by atoms with Crippen molar-refractivity contribution in [3.8, 4) is 22.3 Å². The van der Waals surface area contributed by atoms with Crippen LogP contribution < -0.4 is 0 Å². The Morgan fingerprint density at radius 2 is 1.30 bits per heavy atom. The van der Waals surface area contributed by atoms with Crippen molar-refractivity contribution in [2.45, 2.75) is 19.8 Å². The van der Waals surface area contributed by atoms with Gasteiger partial charge in [-0.25, -0.2) is 8.78 Å². The first-order valence-electron chi connectivity index (χ1n) is 7.83. The molecule has 0 N–H and O–H groups in total. The largest absolute Gasteiger partial charge is 0.204 e.